The Morgan fingerprint density at radius 3 is 2.50 bits per heavy atom. The molecule has 0 radical (unpaired) electrons. The van der Waals surface area contributed by atoms with Crippen molar-refractivity contribution in [1.29, 1.82) is 0 Å². The molecule has 0 saturated carbocycles. The van der Waals surface area contributed by atoms with Crippen LogP contribution in [0, 0.1) is 6.92 Å². The first-order valence-electron chi connectivity index (χ1n) is 7.88. The highest BCUT2D eigenvalue weighted by atomic mass is 16.5. The van der Waals surface area contributed by atoms with E-state index in [1.54, 1.807) is 0 Å². The van der Waals surface area contributed by atoms with Gasteiger partial charge in [0.05, 0.1) is 5.60 Å². The highest BCUT2D eigenvalue weighted by Crippen LogP contribution is 2.34. The van der Waals surface area contributed by atoms with Crippen LogP contribution in [0.5, 0.6) is 5.75 Å². The molecule has 0 aliphatic carbocycles. The highest BCUT2D eigenvalue weighted by molar-refractivity contribution is 5.38. The summed E-state index contributed by atoms with van der Waals surface area (Å²) in [6.07, 6.45) is 1.52. The fraction of sp³-hybridized carbons (Fsp3) is 0.368. The number of ether oxygens (including phenoxy) is 1. The molecule has 1 aliphatic heterocycles. The summed E-state index contributed by atoms with van der Waals surface area (Å²) in [5, 5.41) is 14.1. The van der Waals surface area contributed by atoms with Crippen molar-refractivity contribution in [2.24, 2.45) is 0 Å². The van der Waals surface area contributed by atoms with Crippen molar-refractivity contribution < 1.29 is 9.84 Å². The molecule has 1 aliphatic rings. The van der Waals surface area contributed by atoms with Crippen LogP contribution < -0.4 is 10.1 Å². The van der Waals surface area contributed by atoms with Gasteiger partial charge in [-0.2, -0.15) is 0 Å². The number of aryl methyl sites for hydroxylation is 1. The lowest BCUT2D eigenvalue weighted by atomic mass is 9.83. The predicted molar refractivity (Wildman–Crippen MR) is 88.0 cm³/mol. The molecule has 0 amide bonds. The van der Waals surface area contributed by atoms with Crippen LogP contribution in [-0.2, 0) is 12.2 Å². The quantitative estimate of drug-likeness (QED) is 0.911. The zero-order valence-corrected chi connectivity index (χ0v) is 13.0. The molecule has 2 aromatic carbocycles. The molecule has 0 bridgehead atoms. The molecule has 0 unspecified atom stereocenters. The van der Waals surface area contributed by atoms with E-state index in [-0.39, 0.29) is 0 Å². The number of hydrogen-bond donors (Lipinski definition) is 2. The van der Waals surface area contributed by atoms with Gasteiger partial charge < -0.3 is 15.2 Å². The summed E-state index contributed by atoms with van der Waals surface area (Å²) >= 11 is 0. The van der Waals surface area contributed by atoms with Gasteiger partial charge in [0.25, 0.3) is 0 Å². The van der Waals surface area contributed by atoms with Gasteiger partial charge in [0.2, 0.25) is 0 Å². The smallest absolute Gasteiger partial charge is 0.120 e. The van der Waals surface area contributed by atoms with Crippen molar-refractivity contribution in [3.63, 3.8) is 0 Å². The summed E-state index contributed by atoms with van der Waals surface area (Å²) in [6, 6.07) is 16.1. The van der Waals surface area contributed by atoms with Gasteiger partial charge in [-0.25, -0.2) is 0 Å². The Labute approximate surface area is 131 Å². The molecule has 1 saturated heterocycles. The van der Waals surface area contributed by atoms with Crippen LogP contribution in [0.2, 0.25) is 0 Å². The van der Waals surface area contributed by atoms with Crippen molar-refractivity contribution in [3.05, 3.63) is 65.2 Å². The Morgan fingerprint density at radius 2 is 1.82 bits per heavy atom. The third-order valence-electron chi connectivity index (χ3n) is 4.38. The molecule has 0 atom stereocenters. The van der Waals surface area contributed by atoms with Crippen molar-refractivity contribution in [2.45, 2.75) is 32.0 Å². The average molecular weight is 297 g/mol. The van der Waals surface area contributed by atoms with E-state index in [0.717, 1.165) is 48.4 Å². The predicted octanol–water partition coefficient (Wildman–Crippen LogP) is 3.15. The number of piperidine rings is 1. The molecule has 22 heavy (non-hydrogen) atoms. The van der Waals surface area contributed by atoms with Crippen molar-refractivity contribution >= 4 is 0 Å². The van der Waals surface area contributed by atoms with Crippen molar-refractivity contribution in [2.75, 3.05) is 13.1 Å². The summed E-state index contributed by atoms with van der Waals surface area (Å²) < 4.78 is 5.85. The van der Waals surface area contributed by atoms with Gasteiger partial charge in [0, 0.05) is 0 Å². The summed E-state index contributed by atoms with van der Waals surface area (Å²) in [4.78, 5) is 0. The van der Waals surface area contributed by atoms with E-state index in [9.17, 15) is 5.11 Å². The average Bonchev–Trinajstić information content (AvgIpc) is 2.54. The zero-order valence-electron chi connectivity index (χ0n) is 13.0. The van der Waals surface area contributed by atoms with Crippen LogP contribution in [-0.4, -0.2) is 18.2 Å². The largest absolute Gasteiger partial charge is 0.489 e. The Hall–Kier alpha value is -1.84. The Kier molecular flexibility index (Phi) is 4.46. The maximum absolute atomic E-state index is 10.8. The van der Waals surface area contributed by atoms with E-state index in [0.29, 0.717) is 6.61 Å². The fourth-order valence-electron chi connectivity index (χ4n) is 3.10. The SMILES string of the molecule is Cc1cc(OCc2ccccc2)ccc1C1(O)CCNCC1. The number of aliphatic hydroxyl groups is 1. The molecular formula is C19H23NO2. The lowest BCUT2D eigenvalue weighted by molar-refractivity contribution is 0.00534. The first-order valence-corrected chi connectivity index (χ1v) is 7.88. The molecule has 116 valence electrons. The number of nitrogens with one attached hydrogen (secondary N) is 1. The van der Waals surface area contributed by atoms with Gasteiger partial charge in [0.15, 0.2) is 0 Å². The maximum Gasteiger partial charge on any atom is 0.120 e. The topological polar surface area (TPSA) is 41.5 Å². The molecule has 3 nitrogen and oxygen atoms in total. The van der Waals surface area contributed by atoms with Gasteiger partial charge >= 0.3 is 0 Å². The normalized spacial score (nSPS) is 17.2. The maximum atomic E-state index is 10.8. The molecule has 1 fully saturated rings. The summed E-state index contributed by atoms with van der Waals surface area (Å²) in [5.41, 5.74) is 2.57. The zero-order chi connectivity index (χ0) is 15.4. The van der Waals surface area contributed by atoms with Gasteiger partial charge in [-0.05, 0) is 61.7 Å². The minimum Gasteiger partial charge on any atom is -0.489 e. The molecule has 0 aromatic heterocycles. The third-order valence-corrected chi connectivity index (χ3v) is 4.38. The fourth-order valence-corrected chi connectivity index (χ4v) is 3.10. The number of hydrogen-bond acceptors (Lipinski definition) is 3. The van der Waals surface area contributed by atoms with Crippen molar-refractivity contribution in [1.82, 2.24) is 5.32 Å². The molecule has 3 rings (SSSR count). The number of rotatable bonds is 4. The van der Waals surface area contributed by atoms with Crippen molar-refractivity contribution in [3.8, 4) is 5.75 Å². The van der Waals surface area contributed by atoms with Crippen LogP contribution in [0.4, 0.5) is 0 Å². The second-order valence-corrected chi connectivity index (χ2v) is 6.03. The third kappa shape index (κ3) is 3.32. The second kappa shape index (κ2) is 6.51. The lowest BCUT2D eigenvalue weighted by Crippen LogP contribution is -2.40. The van der Waals surface area contributed by atoms with Gasteiger partial charge in [0.1, 0.15) is 12.4 Å². The van der Waals surface area contributed by atoms with E-state index in [1.165, 1.54) is 0 Å². The van der Waals surface area contributed by atoms with E-state index in [4.69, 9.17) is 4.74 Å². The number of benzene rings is 2. The lowest BCUT2D eigenvalue weighted by Gasteiger charge is -2.34. The van der Waals surface area contributed by atoms with Crippen LogP contribution >= 0.6 is 0 Å². The van der Waals surface area contributed by atoms with Gasteiger partial charge in [-0.1, -0.05) is 36.4 Å². The first-order chi connectivity index (χ1) is 10.7. The molecule has 3 heteroatoms. The monoisotopic (exact) mass is 297 g/mol. The minimum atomic E-state index is -0.701. The van der Waals surface area contributed by atoms with E-state index in [1.807, 2.05) is 43.3 Å². The Bertz CT molecular complexity index is 619. The summed E-state index contributed by atoms with van der Waals surface area (Å²) in [6.45, 7) is 4.34. The Balaban J connectivity index is 1.72. The summed E-state index contributed by atoms with van der Waals surface area (Å²) in [5.74, 6) is 0.850. The van der Waals surface area contributed by atoms with Crippen LogP contribution in [0.3, 0.4) is 0 Å². The van der Waals surface area contributed by atoms with Crippen LogP contribution in [0.15, 0.2) is 48.5 Å². The van der Waals surface area contributed by atoms with E-state index < -0.39 is 5.60 Å². The molecular weight excluding hydrogens is 274 g/mol. The Morgan fingerprint density at radius 1 is 1.09 bits per heavy atom. The molecule has 1 heterocycles. The molecule has 2 aromatic rings. The molecule has 0 spiro atoms. The molecule has 2 N–H and O–H groups in total. The second-order valence-electron chi connectivity index (χ2n) is 6.03. The van der Waals surface area contributed by atoms with Gasteiger partial charge in [-0.15, -0.1) is 0 Å². The van der Waals surface area contributed by atoms with Crippen LogP contribution in [0.25, 0.3) is 0 Å². The van der Waals surface area contributed by atoms with E-state index in [2.05, 4.69) is 17.4 Å². The van der Waals surface area contributed by atoms with Gasteiger partial charge in [-0.3, -0.25) is 0 Å². The first kappa shape index (κ1) is 15.1. The van der Waals surface area contributed by atoms with Crippen LogP contribution in [0.1, 0.15) is 29.5 Å². The van der Waals surface area contributed by atoms with E-state index >= 15 is 0 Å². The standard InChI is InChI=1S/C19H23NO2/c1-15-13-17(22-14-16-5-3-2-4-6-16)7-8-18(15)19(21)9-11-20-12-10-19/h2-8,13,20-21H,9-12,14H2,1H3. The summed E-state index contributed by atoms with van der Waals surface area (Å²) in [7, 11) is 0. The minimum absolute atomic E-state index is 0.563. The highest BCUT2D eigenvalue weighted by Gasteiger charge is 2.32.